The molecule has 8 nitrogen and oxygen atoms in total. The van der Waals surface area contributed by atoms with Crippen LogP contribution in [0.3, 0.4) is 0 Å². The number of hydrogen-bond acceptors (Lipinski definition) is 7. The minimum absolute atomic E-state index is 0.0802. The van der Waals surface area contributed by atoms with Gasteiger partial charge >= 0.3 is 12.1 Å². The van der Waals surface area contributed by atoms with E-state index >= 15 is 0 Å². The van der Waals surface area contributed by atoms with Gasteiger partial charge in [0.2, 0.25) is 0 Å². The molecule has 2 spiro atoms. The van der Waals surface area contributed by atoms with Gasteiger partial charge in [-0.25, -0.2) is 9.59 Å². The lowest BCUT2D eigenvalue weighted by Crippen LogP contribution is -2.70. The maximum Gasteiger partial charge on any atom is 0.408 e. The Labute approximate surface area is 193 Å². The van der Waals surface area contributed by atoms with Crippen LogP contribution in [0.15, 0.2) is 11.1 Å². The van der Waals surface area contributed by atoms with Crippen molar-refractivity contribution in [3.63, 3.8) is 0 Å². The predicted octanol–water partition coefficient (Wildman–Crippen LogP) is 2.64. The van der Waals surface area contributed by atoms with E-state index in [0.29, 0.717) is 13.0 Å². The van der Waals surface area contributed by atoms with Crippen molar-refractivity contribution in [3.8, 4) is 0 Å². The second-order valence-electron chi connectivity index (χ2n) is 12.7. The van der Waals surface area contributed by atoms with Crippen LogP contribution in [0, 0.1) is 17.3 Å². The topological polar surface area (TPSA) is 102 Å². The van der Waals surface area contributed by atoms with Crippen LogP contribution in [0.5, 0.6) is 0 Å². The molecular weight excluding hydrogens is 426 g/mol. The van der Waals surface area contributed by atoms with Gasteiger partial charge in [0, 0.05) is 16.5 Å². The lowest BCUT2D eigenvalue weighted by atomic mass is 9.46. The highest BCUT2D eigenvalue weighted by atomic mass is 16.8. The molecule has 0 aromatic rings. The van der Waals surface area contributed by atoms with E-state index in [9.17, 15) is 9.59 Å². The number of ether oxygens (including phenoxy) is 5. The molecule has 1 N–H and O–H groups in total. The highest BCUT2D eigenvalue weighted by molar-refractivity contribution is 5.92. The first-order valence-corrected chi connectivity index (χ1v) is 12.3. The Hall–Kier alpha value is -1.64. The van der Waals surface area contributed by atoms with Crippen LogP contribution in [0.1, 0.15) is 60.8 Å². The van der Waals surface area contributed by atoms with Gasteiger partial charge < -0.3 is 29.0 Å². The van der Waals surface area contributed by atoms with Crippen LogP contribution in [-0.4, -0.2) is 65.4 Å². The van der Waals surface area contributed by atoms with Gasteiger partial charge in [-0.2, -0.15) is 0 Å². The summed E-state index contributed by atoms with van der Waals surface area (Å²) in [4.78, 5) is 25.3. The highest BCUT2D eigenvalue weighted by Gasteiger charge is 3.01. The van der Waals surface area contributed by atoms with Gasteiger partial charge in [0.25, 0.3) is 0 Å². The van der Waals surface area contributed by atoms with E-state index in [1.807, 2.05) is 20.8 Å². The molecule has 1 amide bonds. The molecule has 0 bridgehead atoms. The van der Waals surface area contributed by atoms with Gasteiger partial charge in [0.15, 0.2) is 11.7 Å². The Kier molecular flexibility index (Phi) is 3.51. The molecule has 3 aliphatic carbocycles. The van der Waals surface area contributed by atoms with Crippen molar-refractivity contribution in [1.29, 1.82) is 0 Å². The van der Waals surface area contributed by atoms with Crippen LogP contribution >= 0.6 is 0 Å². The van der Waals surface area contributed by atoms with Gasteiger partial charge in [-0.05, 0) is 57.4 Å². The number of alkyl carbamates (subject to hydrolysis) is 1. The summed E-state index contributed by atoms with van der Waals surface area (Å²) in [6, 6.07) is 0. The number of nitrogens with one attached hydrogen (secondary N) is 1. The van der Waals surface area contributed by atoms with Gasteiger partial charge in [-0.15, -0.1) is 0 Å². The number of fused-ring (bicyclic) bond motifs is 4. The van der Waals surface area contributed by atoms with E-state index < -0.39 is 34.5 Å². The normalized spacial score (nSPS) is 52.5. The standard InChI is InChI=1S/C25H33NO7/c1-11(2)23-16(32-23)17-25(33-17)22(6)8-7-12-13(10-29-18(12)27)14(22)9-15-24(25,31-15)19(23)30-20(28)26-21(3,4)5/h11,14-17,19H,7-10H2,1-6H3,(H,26,28)/t14-,15-,16-,17-,19+,22-,23-,24+,25+/m0/s1. The Morgan fingerprint density at radius 2 is 1.94 bits per heavy atom. The van der Waals surface area contributed by atoms with E-state index in [1.54, 1.807) is 0 Å². The summed E-state index contributed by atoms with van der Waals surface area (Å²) in [6.07, 6.45) is 1.00. The largest absolute Gasteiger partial charge is 0.458 e. The van der Waals surface area contributed by atoms with Crippen LogP contribution in [0.4, 0.5) is 4.79 Å². The average molecular weight is 460 g/mol. The number of rotatable bonds is 2. The first-order chi connectivity index (χ1) is 15.4. The number of cyclic esters (lactones) is 1. The molecule has 9 atom stereocenters. The SMILES string of the molecule is CC(C)[C@]12O[C@H]1[C@@H]1O[C@]13[C@]1(O[C@H]1C[C@H]1C4=C(CC[C@@]13C)C(=O)OC4)[C@@H]2OC(=O)NC(C)(C)C. The van der Waals surface area contributed by atoms with Crippen LogP contribution in [0.25, 0.3) is 0 Å². The molecule has 0 aromatic carbocycles. The predicted molar refractivity (Wildman–Crippen MR) is 114 cm³/mol. The number of hydrogen-bond donors (Lipinski definition) is 1. The summed E-state index contributed by atoms with van der Waals surface area (Å²) in [5, 5.41) is 2.95. The Morgan fingerprint density at radius 3 is 2.64 bits per heavy atom. The Bertz CT molecular complexity index is 1030. The second kappa shape index (κ2) is 5.60. The molecule has 0 aromatic heterocycles. The zero-order valence-corrected chi connectivity index (χ0v) is 20.2. The molecule has 4 heterocycles. The van der Waals surface area contributed by atoms with Crippen molar-refractivity contribution in [2.24, 2.45) is 17.3 Å². The average Bonchev–Trinajstić information content (AvgIpc) is 3.59. The van der Waals surface area contributed by atoms with Gasteiger partial charge in [-0.3, -0.25) is 0 Å². The fourth-order valence-electron chi connectivity index (χ4n) is 8.28. The maximum atomic E-state index is 13.0. The van der Waals surface area contributed by atoms with Gasteiger partial charge in [0.05, 0.1) is 6.10 Å². The molecular formula is C25H33NO7. The van der Waals surface area contributed by atoms with Crippen LogP contribution in [0.2, 0.25) is 0 Å². The molecule has 0 unspecified atom stereocenters. The van der Waals surface area contributed by atoms with Crippen molar-refractivity contribution in [3.05, 3.63) is 11.1 Å². The first kappa shape index (κ1) is 20.7. The number of esters is 1. The fraction of sp³-hybridized carbons (Fsp3) is 0.840. The van der Waals surface area contributed by atoms with E-state index in [-0.39, 0.29) is 41.5 Å². The second-order valence-corrected chi connectivity index (χ2v) is 12.7. The highest BCUT2D eigenvalue weighted by Crippen LogP contribution is 2.83. The molecule has 33 heavy (non-hydrogen) atoms. The molecule has 4 aliphatic heterocycles. The van der Waals surface area contributed by atoms with E-state index in [4.69, 9.17) is 23.7 Å². The van der Waals surface area contributed by atoms with E-state index in [0.717, 1.165) is 24.0 Å². The van der Waals surface area contributed by atoms with Crippen molar-refractivity contribution in [2.75, 3.05) is 6.61 Å². The molecule has 0 radical (unpaired) electrons. The third-order valence-corrected chi connectivity index (χ3v) is 9.77. The minimum Gasteiger partial charge on any atom is -0.458 e. The summed E-state index contributed by atoms with van der Waals surface area (Å²) in [5.41, 5.74) is -0.559. The monoisotopic (exact) mass is 459 g/mol. The smallest absolute Gasteiger partial charge is 0.408 e. The molecule has 7 aliphatic rings. The molecule has 3 saturated heterocycles. The Balaban J connectivity index is 1.31. The van der Waals surface area contributed by atoms with Crippen molar-refractivity contribution in [2.45, 2.75) is 108 Å². The van der Waals surface area contributed by atoms with Gasteiger partial charge in [0.1, 0.15) is 30.0 Å². The lowest BCUT2D eigenvalue weighted by Gasteiger charge is -2.53. The minimum atomic E-state index is -0.711. The summed E-state index contributed by atoms with van der Waals surface area (Å²) in [7, 11) is 0. The van der Waals surface area contributed by atoms with Crippen molar-refractivity contribution >= 4 is 12.1 Å². The van der Waals surface area contributed by atoms with Gasteiger partial charge in [-0.1, -0.05) is 20.8 Å². The van der Waals surface area contributed by atoms with Crippen molar-refractivity contribution < 1.29 is 33.3 Å². The maximum absolute atomic E-state index is 13.0. The number of amides is 1. The third kappa shape index (κ3) is 2.12. The van der Waals surface area contributed by atoms with E-state index in [1.165, 1.54) is 0 Å². The fourth-order valence-corrected chi connectivity index (χ4v) is 8.28. The Morgan fingerprint density at radius 1 is 1.18 bits per heavy atom. The summed E-state index contributed by atoms with van der Waals surface area (Å²) in [5.74, 6) is 0.135. The molecule has 180 valence electrons. The zero-order valence-electron chi connectivity index (χ0n) is 20.2. The molecule has 2 saturated carbocycles. The number of carbonyl (C=O) groups excluding carboxylic acids is 2. The first-order valence-electron chi connectivity index (χ1n) is 12.3. The number of epoxide rings is 3. The summed E-state index contributed by atoms with van der Waals surface area (Å²) in [6.45, 7) is 12.7. The molecule has 5 fully saturated rings. The van der Waals surface area contributed by atoms with Crippen LogP contribution in [-0.2, 0) is 28.5 Å². The van der Waals surface area contributed by atoms with E-state index in [2.05, 4.69) is 26.1 Å². The third-order valence-electron chi connectivity index (χ3n) is 9.77. The zero-order chi connectivity index (χ0) is 23.3. The number of carbonyl (C=O) groups is 2. The summed E-state index contributed by atoms with van der Waals surface area (Å²) >= 11 is 0. The summed E-state index contributed by atoms with van der Waals surface area (Å²) < 4.78 is 31.4. The molecule has 8 heteroatoms. The van der Waals surface area contributed by atoms with Crippen molar-refractivity contribution in [1.82, 2.24) is 5.32 Å². The van der Waals surface area contributed by atoms with Crippen LogP contribution < -0.4 is 5.32 Å². The lowest BCUT2D eigenvalue weighted by molar-refractivity contribution is -0.136. The quantitative estimate of drug-likeness (QED) is 0.500. The molecule has 7 rings (SSSR count).